The minimum absolute atomic E-state index is 0.0647. The van der Waals surface area contributed by atoms with Crippen molar-refractivity contribution in [1.82, 2.24) is 4.90 Å². The molecule has 3 saturated heterocycles. The molecule has 4 heteroatoms. The number of Topliss-reactive ketones (excluding diaryl/α,β-unsaturated/α-hetero) is 1. The van der Waals surface area contributed by atoms with Crippen LogP contribution in [0.4, 0.5) is 0 Å². The van der Waals surface area contributed by atoms with Crippen LogP contribution in [-0.4, -0.2) is 54.7 Å². The van der Waals surface area contributed by atoms with Gasteiger partial charge in [0.05, 0.1) is 13.2 Å². The number of piperidine rings is 3. The lowest BCUT2D eigenvalue weighted by Crippen LogP contribution is -2.74. The minimum Gasteiger partial charge on any atom is -0.394 e. The third-order valence-corrected chi connectivity index (χ3v) is 5.16. The monoisotopic (exact) mass is 255 g/mol. The molecular formula is C14H25NO3. The van der Waals surface area contributed by atoms with E-state index in [9.17, 15) is 9.90 Å². The van der Waals surface area contributed by atoms with Crippen molar-refractivity contribution in [2.75, 3.05) is 33.4 Å². The molecule has 4 nitrogen and oxygen atoms in total. The Morgan fingerprint density at radius 2 is 1.89 bits per heavy atom. The highest BCUT2D eigenvalue weighted by molar-refractivity contribution is 5.96. The van der Waals surface area contributed by atoms with Gasteiger partial charge in [0, 0.05) is 25.6 Å². The van der Waals surface area contributed by atoms with Gasteiger partial charge in [-0.2, -0.15) is 0 Å². The Bertz CT molecular complexity index is 339. The highest BCUT2D eigenvalue weighted by Gasteiger charge is 2.63. The van der Waals surface area contributed by atoms with E-state index in [0.29, 0.717) is 6.61 Å². The molecule has 0 spiro atoms. The van der Waals surface area contributed by atoms with Crippen molar-refractivity contribution in [2.24, 2.45) is 10.8 Å². The molecule has 104 valence electrons. The second-order valence-corrected chi connectivity index (χ2v) is 6.77. The first kappa shape index (κ1) is 14.0. The second kappa shape index (κ2) is 4.29. The van der Waals surface area contributed by atoms with Crippen molar-refractivity contribution < 1.29 is 14.6 Å². The summed E-state index contributed by atoms with van der Waals surface area (Å²) in [6.07, 6.45) is 1.81. The molecule has 1 unspecified atom stereocenters. The maximum Gasteiger partial charge on any atom is 0.164 e. The van der Waals surface area contributed by atoms with Gasteiger partial charge < -0.3 is 9.84 Å². The minimum atomic E-state index is -0.807. The number of carbonyl (C=O) groups is 1. The number of nitrogens with zero attached hydrogens (tertiary/aromatic N) is 1. The molecule has 0 amide bonds. The third-order valence-electron chi connectivity index (χ3n) is 5.16. The van der Waals surface area contributed by atoms with Crippen molar-refractivity contribution >= 4 is 5.78 Å². The summed E-state index contributed by atoms with van der Waals surface area (Å²) in [4.78, 5) is 15.1. The zero-order valence-corrected chi connectivity index (χ0v) is 12.0. The summed E-state index contributed by atoms with van der Waals surface area (Å²) >= 11 is 0. The van der Waals surface area contributed by atoms with Gasteiger partial charge in [-0.3, -0.25) is 9.69 Å². The van der Waals surface area contributed by atoms with Crippen molar-refractivity contribution in [3.63, 3.8) is 0 Å². The average Bonchev–Trinajstić information content (AvgIpc) is 2.33. The number of ketones is 1. The molecule has 1 atom stereocenters. The maximum absolute atomic E-state index is 13.0. The molecule has 3 aliphatic rings. The van der Waals surface area contributed by atoms with Crippen LogP contribution in [0, 0.1) is 10.8 Å². The summed E-state index contributed by atoms with van der Waals surface area (Å²) in [6, 6.07) is 0. The predicted octanol–water partition coefficient (Wildman–Crippen LogP) is 1.07. The molecule has 3 aliphatic heterocycles. The summed E-state index contributed by atoms with van der Waals surface area (Å²) in [5.74, 6) is 0.185. The molecule has 0 saturated carbocycles. The van der Waals surface area contributed by atoms with E-state index in [1.807, 2.05) is 0 Å². The maximum atomic E-state index is 13.0. The number of hydrogen-bond acceptors (Lipinski definition) is 4. The lowest BCUT2D eigenvalue weighted by Gasteiger charge is -2.61. The Hall–Kier alpha value is -0.450. The average molecular weight is 255 g/mol. The smallest absolute Gasteiger partial charge is 0.164 e. The zero-order valence-electron chi connectivity index (χ0n) is 12.0. The number of ether oxygens (including phenoxy) is 1. The molecule has 0 aliphatic carbocycles. The van der Waals surface area contributed by atoms with Crippen molar-refractivity contribution in [2.45, 2.75) is 39.2 Å². The van der Waals surface area contributed by atoms with Crippen LogP contribution in [0.5, 0.6) is 0 Å². The van der Waals surface area contributed by atoms with Crippen LogP contribution in [0.25, 0.3) is 0 Å². The number of carbonyl (C=O) groups excluding carboxylic acids is 1. The molecule has 1 N–H and O–H groups in total. The summed E-state index contributed by atoms with van der Waals surface area (Å²) in [5, 5.41) is 9.80. The first-order chi connectivity index (χ1) is 8.34. The van der Waals surface area contributed by atoms with Gasteiger partial charge >= 0.3 is 0 Å². The summed E-state index contributed by atoms with van der Waals surface area (Å²) in [7, 11) is 1.60. The Morgan fingerprint density at radius 3 is 2.28 bits per heavy atom. The van der Waals surface area contributed by atoms with Crippen LogP contribution in [0.15, 0.2) is 0 Å². The van der Waals surface area contributed by atoms with E-state index >= 15 is 0 Å². The lowest BCUT2D eigenvalue weighted by atomic mass is 9.52. The van der Waals surface area contributed by atoms with Crippen molar-refractivity contribution in [3.05, 3.63) is 0 Å². The zero-order chi connectivity index (χ0) is 13.6. The van der Waals surface area contributed by atoms with Gasteiger partial charge in [0.25, 0.3) is 0 Å². The lowest BCUT2D eigenvalue weighted by molar-refractivity contribution is -0.183. The topological polar surface area (TPSA) is 49.8 Å². The summed E-state index contributed by atoms with van der Waals surface area (Å²) in [6.45, 7) is 8.33. The molecule has 0 radical (unpaired) electrons. The van der Waals surface area contributed by atoms with Gasteiger partial charge in [0.1, 0.15) is 5.54 Å². The fourth-order valence-corrected chi connectivity index (χ4v) is 3.84. The first-order valence-corrected chi connectivity index (χ1v) is 6.74. The van der Waals surface area contributed by atoms with Gasteiger partial charge in [0.15, 0.2) is 5.78 Å². The number of rotatable bonds is 3. The summed E-state index contributed by atoms with van der Waals surface area (Å²) < 4.78 is 5.23. The summed E-state index contributed by atoms with van der Waals surface area (Å²) in [5.41, 5.74) is -1.17. The first-order valence-electron chi connectivity index (χ1n) is 6.74. The van der Waals surface area contributed by atoms with E-state index in [1.54, 1.807) is 7.11 Å². The van der Waals surface area contributed by atoms with Crippen LogP contribution in [0.2, 0.25) is 0 Å². The number of methoxy groups -OCH3 is 1. The van der Waals surface area contributed by atoms with E-state index in [1.165, 1.54) is 0 Å². The highest BCUT2D eigenvalue weighted by Crippen LogP contribution is 2.54. The third kappa shape index (κ3) is 1.59. The molecule has 3 fully saturated rings. The van der Waals surface area contributed by atoms with Gasteiger partial charge in [-0.15, -0.1) is 0 Å². The standard InChI is InChI=1S/C14H25NO3/c1-12(2,3)13-5-7-15(8-6-13)14(9-16,10-18-4)11(13)17/h16H,5-10H2,1-4H3. The van der Waals surface area contributed by atoms with Crippen LogP contribution >= 0.6 is 0 Å². The van der Waals surface area contributed by atoms with Crippen LogP contribution in [-0.2, 0) is 9.53 Å². The fourth-order valence-electron chi connectivity index (χ4n) is 3.84. The van der Waals surface area contributed by atoms with E-state index in [4.69, 9.17) is 4.74 Å². The quantitative estimate of drug-likeness (QED) is 0.819. The van der Waals surface area contributed by atoms with Gasteiger partial charge in [-0.25, -0.2) is 0 Å². The molecule has 0 aromatic carbocycles. The number of aliphatic hydroxyl groups is 1. The van der Waals surface area contributed by atoms with Crippen LogP contribution in [0.3, 0.4) is 0 Å². The molecule has 3 rings (SSSR count). The van der Waals surface area contributed by atoms with Crippen LogP contribution in [0.1, 0.15) is 33.6 Å². The predicted molar refractivity (Wildman–Crippen MR) is 69.4 cm³/mol. The largest absolute Gasteiger partial charge is 0.394 e. The normalized spacial score (nSPS) is 40.3. The number of aliphatic hydroxyl groups excluding tert-OH is 1. The Labute approximate surface area is 109 Å². The fraction of sp³-hybridized carbons (Fsp3) is 0.929. The van der Waals surface area contributed by atoms with Crippen LogP contribution < -0.4 is 0 Å². The Morgan fingerprint density at radius 1 is 1.33 bits per heavy atom. The van der Waals surface area contributed by atoms with E-state index < -0.39 is 5.54 Å². The van der Waals surface area contributed by atoms with E-state index in [2.05, 4.69) is 25.7 Å². The van der Waals surface area contributed by atoms with Gasteiger partial charge in [-0.1, -0.05) is 20.8 Å². The van der Waals surface area contributed by atoms with Gasteiger partial charge in [0.2, 0.25) is 0 Å². The Balaban J connectivity index is 2.45. The van der Waals surface area contributed by atoms with E-state index in [-0.39, 0.29) is 23.2 Å². The number of hydrogen-bond donors (Lipinski definition) is 1. The van der Waals surface area contributed by atoms with Gasteiger partial charge in [-0.05, 0) is 18.3 Å². The molecule has 3 heterocycles. The Kier molecular flexibility index (Phi) is 3.33. The molecule has 2 bridgehead atoms. The number of fused-ring (bicyclic) bond motifs is 3. The van der Waals surface area contributed by atoms with E-state index in [0.717, 1.165) is 25.9 Å². The molecule has 0 aromatic heterocycles. The van der Waals surface area contributed by atoms with Crippen molar-refractivity contribution in [3.8, 4) is 0 Å². The highest BCUT2D eigenvalue weighted by atomic mass is 16.5. The molecular weight excluding hydrogens is 230 g/mol. The SMILES string of the molecule is COCC1(CO)C(=O)C2(C(C)(C)C)CCN1CC2. The van der Waals surface area contributed by atoms with Crippen molar-refractivity contribution in [1.29, 1.82) is 0 Å². The second-order valence-electron chi connectivity index (χ2n) is 6.77. The molecule has 18 heavy (non-hydrogen) atoms. The molecule has 0 aromatic rings.